The minimum absolute atomic E-state index is 0.0207. The van der Waals surface area contributed by atoms with E-state index in [9.17, 15) is 4.79 Å². The van der Waals surface area contributed by atoms with E-state index in [1.807, 2.05) is 12.1 Å². The third-order valence-electron chi connectivity index (χ3n) is 2.70. The smallest absolute Gasteiger partial charge is 0.261 e. The summed E-state index contributed by atoms with van der Waals surface area (Å²) in [4.78, 5) is 13.8. The Morgan fingerprint density at radius 3 is 2.88 bits per heavy atom. The number of nitrogens with one attached hydrogen (secondary N) is 1. The predicted octanol–water partition coefficient (Wildman–Crippen LogP) is 2.39. The van der Waals surface area contributed by atoms with E-state index >= 15 is 0 Å². The molecule has 1 atom stereocenters. The van der Waals surface area contributed by atoms with E-state index in [0.717, 1.165) is 17.9 Å². The second-order valence-electron chi connectivity index (χ2n) is 4.35. The predicted molar refractivity (Wildman–Crippen MR) is 65.1 cm³/mol. The number of hydrogen-bond donors (Lipinski definition) is 1. The van der Waals surface area contributed by atoms with Gasteiger partial charge in [-0.2, -0.15) is 0 Å². The first-order valence-electron chi connectivity index (χ1n) is 5.66. The fraction of sp³-hybridized carbons (Fsp3) is 0.583. The van der Waals surface area contributed by atoms with E-state index in [2.05, 4.69) is 19.2 Å². The first kappa shape index (κ1) is 11.6. The van der Waals surface area contributed by atoms with Gasteiger partial charge in [-0.1, -0.05) is 13.8 Å². The van der Waals surface area contributed by atoms with Crippen molar-refractivity contribution in [3.8, 4) is 0 Å². The van der Waals surface area contributed by atoms with Crippen LogP contribution in [0.3, 0.4) is 0 Å². The number of ether oxygens (including phenoxy) is 1. The van der Waals surface area contributed by atoms with E-state index in [1.165, 1.54) is 4.88 Å². The van der Waals surface area contributed by atoms with Crippen LogP contribution in [0.2, 0.25) is 0 Å². The summed E-state index contributed by atoms with van der Waals surface area (Å²) in [6, 6.07) is 3.93. The molecule has 1 aliphatic rings. The van der Waals surface area contributed by atoms with Crippen LogP contribution in [0.15, 0.2) is 12.1 Å². The zero-order valence-electron chi connectivity index (χ0n) is 9.66. The summed E-state index contributed by atoms with van der Waals surface area (Å²) in [5, 5.41) is 2.90. The standard InChI is InChI=1S/C12H17NO2S/c1-8(2)10-3-4-11(16-10)12(14)13-7-9-5-6-15-9/h3-4,8-9H,5-7H2,1-2H3,(H,13,14). The van der Waals surface area contributed by atoms with Crippen molar-refractivity contribution < 1.29 is 9.53 Å². The van der Waals surface area contributed by atoms with Crippen molar-refractivity contribution in [3.05, 3.63) is 21.9 Å². The van der Waals surface area contributed by atoms with Crippen molar-refractivity contribution in [1.29, 1.82) is 0 Å². The molecule has 0 aromatic carbocycles. The lowest BCUT2D eigenvalue weighted by Gasteiger charge is -2.26. The third-order valence-corrected chi connectivity index (χ3v) is 4.09. The Balaban J connectivity index is 1.87. The van der Waals surface area contributed by atoms with Gasteiger partial charge in [0.2, 0.25) is 0 Å². The van der Waals surface area contributed by atoms with Gasteiger partial charge in [0, 0.05) is 18.0 Å². The van der Waals surface area contributed by atoms with Crippen molar-refractivity contribution in [3.63, 3.8) is 0 Å². The van der Waals surface area contributed by atoms with Crippen LogP contribution in [0, 0.1) is 0 Å². The number of carbonyl (C=O) groups excluding carboxylic acids is 1. The summed E-state index contributed by atoms with van der Waals surface area (Å²) in [5.41, 5.74) is 0. The van der Waals surface area contributed by atoms with Crippen molar-refractivity contribution in [1.82, 2.24) is 5.32 Å². The van der Waals surface area contributed by atoms with Gasteiger partial charge in [-0.25, -0.2) is 0 Å². The molecule has 1 aromatic rings. The number of thiophene rings is 1. The molecular formula is C12H17NO2S. The average molecular weight is 239 g/mol. The summed E-state index contributed by atoms with van der Waals surface area (Å²) < 4.78 is 5.25. The van der Waals surface area contributed by atoms with Crippen LogP contribution in [0.4, 0.5) is 0 Å². The maximum atomic E-state index is 11.8. The van der Waals surface area contributed by atoms with E-state index in [0.29, 0.717) is 12.5 Å². The molecule has 2 rings (SSSR count). The topological polar surface area (TPSA) is 38.3 Å². The Kier molecular flexibility index (Phi) is 3.61. The first-order valence-corrected chi connectivity index (χ1v) is 6.48. The fourth-order valence-electron chi connectivity index (χ4n) is 1.52. The Morgan fingerprint density at radius 2 is 2.38 bits per heavy atom. The highest BCUT2D eigenvalue weighted by Crippen LogP contribution is 2.24. The zero-order valence-corrected chi connectivity index (χ0v) is 10.5. The summed E-state index contributed by atoms with van der Waals surface area (Å²) in [5.74, 6) is 0.508. The molecule has 0 radical (unpaired) electrons. The molecule has 16 heavy (non-hydrogen) atoms. The third kappa shape index (κ3) is 2.62. The maximum Gasteiger partial charge on any atom is 0.261 e. The largest absolute Gasteiger partial charge is 0.376 e. The van der Waals surface area contributed by atoms with Crippen LogP contribution >= 0.6 is 11.3 Å². The van der Waals surface area contributed by atoms with Gasteiger partial charge in [-0.3, -0.25) is 4.79 Å². The SMILES string of the molecule is CC(C)c1ccc(C(=O)NCC2CCO2)s1. The zero-order chi connectivity index (χ0) is 11.5. The highest BCUT2D eigenvalue weighted by atomic mass is 32.1. The molecule has 1 aromatic heterocycles. The highest BCUT2D eigenvalue weighted by molar-refractivity contribution is 7.14. The molecule has 0 saturated carbocycles. The molecular weight excluding hydrogens is 222 g/mol. The van der Waals surface area contributed by atoms with Crippen LogP contribution in [0.5, 0.6) is 0 Å². The van der Waals surface area contributed by atoms with Crippen LogP contribution in [-0.2, 0) is 4.74 Å². The van der Waals surface area contributed by atoms with Gasteiger partial charge < -0.3 is 10.1 Å². The van der Waals surface area contributed by atoms with Crippen LogP contribution in [-0.4, -0.2) is 25.2 Å². The summed E-state index contributed by atoms with van der Waals surface area (Å²) in [7, 11) is 0. The van der Waals surface area contributed by atoms with Crippen LogP contribution in [0.25, 0.3) is 0 Å². The van der Waals surface area contributed by atoms with E-state index in [4.69, 9.17) is 4.74 Å². The molecule has 0 bridgehead atoms. The maximum absolute atomic E-state index is 11.8. The minimum atomic E-state index is 0.0207. The molecule has 1 saturated heterocycles. The first-order chi connectivity index (χ1) is 7.66. The number of rotatable bonds is 4. The van der Waals surface area contributed by atoms with Crippen molar-refractivity contribution in [2.45, 2.75) is 32.3 Å². The second kappa shape index (κ2) is 4.97. The lowest BCUT2D eigenvalue weighted by atomic mass is 10.2. The molecule has 3 nitrogen and oxygen atoms in total. The monoisotopic (exact) mass is 239 g/mol. The van der Waals surface area contributed by atoms with Crippen molar-refractivity contribution in [2.24, 2.45) is 0 Å². The van der Waals surface area contributed by atoms with Gasteiger partial charge in [0.05, 0.1) is 11.0 Å². The lowest BCUT2D eigenvalue weighted by molar-refractivity contribution is -0.0472. The van der Waals surface area contributed by atoms with Crippen molar-refractivity contribution in [2.75, 3.05) is 13.2 Å². The Bertz CT molecular complexity index is 369. The van der Waals surface area contributed by atoms with E-state index in [1.54, 1.807) is 11.3 Å². The molecule has 2 heterocycles. The Hall–Kier alpha value is -0.870. The number of hydrogen-bond acceptors (Lipinski definition) is 3. The van der Waals surface area contributed by atoms with Crippen LogP contribution < -0.4 is 5.32 Å². The summed E-state index contributed by atoms with van der Waals surface area (Å²) in [6.45, 7) is 5.73. The molecule has 4 heteroatoms. The Labute approximate surface area is 99.8 Å². The molecule has 1 amide bonds. The molecule has 1 unspecified atom stereocenters. The lowest BCUT2D eigenvalue weighted by Crippen LogP contribution is -2.39. The normalized spacial score (nSPS) is 19.6. The van der Waals surface area contributed by atoms with E-state index < -0.39 is 0 Å². The van der Waals surface area contributed by atoms with Gasteiger partial charge in [0.15, 0.2) is 0 Å². The molecule has 1 fully saturated rings. The van der Waals surface area contributed by atoms with Gasteiger partial charge in [-0.15, -0.1) is 11.3 Å². The average Bonchev–Trinajstić information content (AvgIpc) is 2.63. The van der Waals surface area contributed by atoms with Crippen LogP contribution in [0.1, 0.15) is 40.7 Å². The summed E-state index contributed by atoms with van der Waals surface area (Å²) in [6.07, 6.45) is 1.29. The molecule has 1 N–H and O–H groups in total. The molecule has 1 aliphatic heterocycles. The fourth-order valence-corrected chi connectivity index (χ4v) is 2.45. The van der Waals surface area contributed by atoms with Gasteiger partial charge in [0.25, 0.3) is 5.91 Å². The quantitative estimate of drug-likeness (QED) is 0.876. The van der Waals surface area contributed by atoms with Gasteiger partial charge >= 0.3 is 0 Å². The molecule has 0 aliphatic carbocycles. The van der Waals surface area contributed by atoms with Gasteiger partial charge in [-0.05, 0) is 24.5 Å². The molecule has 88 valence electrons. The second-order valence-corrected chi connectivity index (χ2v) is 5.46. The number of amides is 1. The Morgan fingerprint density at radius 1 is 1.62 bits per heavy atom. The summed E-state index contributed by atoms with van der Waals surface area (Å²) >= 11 is 1.57. The number of carbonyl (C=O) groups is 1. The van der Waals surface area contributed by atoms with Crippen molar-refractivity contribution >= 4 is 17.2 Å². The van der Waals surface area contributed by atoms with E-state index in [-0.39, 0.29) is 12.0 Å². The highest BCUT2D eigenvalue weighted by Gasteiger charge is 2.19. The minimum Gasteiger partial charge on any atom is -0.376 e. The van der Waals surface area contributed by atoms with Gasteiger partial charge in [0.1, 0.15) is 0 Å². The molecule has 0 spiro atoms.